The van der Waals surface area contributed by atoms with E-state index in [0.717, 1.165) is 0 Å². The maximum Gasteiger partial charge on any atom is 0.463 e. The monoisotopic (exact) mass is 311 g/mol. The zero-order chi connectivity index (χ0) is 15.0. The Hall–Kier alpha value is -1.31. The maximum absolute atomic E-state index is 13.2. The molecule has 1 aromatic rings. The van der Waals surface area contributed by atoms with E-state index in [4.69, 9.17) is 0 Å². The first-order valence-electron chi connectivity index (χ1n) is 5.67. The largest absolute Gasteiger partial charge is 0.463 e. The van der Waals surface area contributed by atoms with Crippen molar-refractivity contribution in [3.8, 4) is 0 Å². The first kappa shape index (κ1) is 15.1. The number of nitrogens with zero attached hydrogens (tertiary/aromatic N) is 1. The van der Waals surface area contributed by atoms with E-state index in [1.807, 2.05) is 0 Å². The molecule has 0 saturated carbocycles. The van der Waals surface area contributed by atoms with Crippen molar-refractivity contribution >= 4 is 23.4 Å². The number of thioether (sulfide) groups is 1. The molecule has 0 saturated heterocycles. The van der Waals surface area contributed by atoms with Crippen LogP contribution in [0.25, 0.3) is 0 Å². The second-order valence-corrected chi connectivity index (χ2v) is 5.32. The minimum atomic E-state index is -5.89. The lowest BCUT2D eigenvalue weighted by molar-refractivity contribution is -0.268. The summed E-state index contributed by atoms with van der Waals surface area (Å²) >= 11 is 1.38. The van der Waals surface area contributed by atoms with E-state index in [9.17, 15) is 26.7 Å². The zero-order valence-electron chi connectivity index (χ0n) is 10.1. The van der Waals surface area contributed by atoms with Gasteiger partial charge in [0.05, 0.1) is 0 Å². The number of hydrogen-bond donors (Lipinski definition) is 0. The number of halogens is 5. The molecular weight excluding hydrogens is 301 g/mol. The van der Waals surface area contributed by atoms with Crippen molar-refractivity contribution in [1.82, 2.24) is 0 Å². The molecule has 8 heteroatoms. The van der Waals surface area contributed by atoms with Gasteiger partial charge in [-0.15, -0.1) is 0 Å². The van der Waals surface area contributed by atoms with Crippen LogP contribution in [-0.4, -0.2) is 30.3 Å². The van der Waals surface area contributed by atoms with Crippen molar-refractivity contribution in [1.29, 1.82) is 0 Å². The van der Waals surface area contributed by atoms with Crippen LogP contribution in [0.3, 0.4) is 0 Å². The lowest BCUT2D eigenvalue weighted by Crippen LogP contribution is -2.52. The minimum Gasteiger partial charge on any atom is -0.306 e. The molecule has 1 aliphatic rings. The Balaban J connectivity index is 2.40. The van der Waals surface area contributed by atoms with E-state index in [2.05, 4.69) is 0 Å². The summed E-state index contributed by atoms with van der Waals surface area (Å²) in [6.07, 6.45) is -5.89. The summed E-state index contributed by atoms with van der Waals surface area (Å²) in [6, 6.07) is 6.14. The van der Waals surface area contributed by atoms with Gasteiger partial charge in [0.15, 0.2) is 0 Å². The molecule has 1 amide bonds. The molecule has 0 aliphatic carbocycles. The van der Waals surface area contributed by atoms with Gasteiger partial charge in [-0.3, -0.25) is 4.79 Å². The van der Waals surface area contributed by atoms with Gasteiger partial charge < -0.3 is 4.90 Å². The second kappa shape index (κ2) is 5.23. The predicted molar refractivity (Wildman–Crippen MR) is 66.0 cm³/mol. The van der Waals surface area contributed by atoms with E-state index < -0.39 is 18.0 Å². The summed E-state index contributed by atoms with van der Waals surface area (Å²) in [5.74, 6) is -6.83. The van der Waals surface area contributed by atoms with Gasteiger partial charge in [-0.25, -0.2) is 0 Å². The van der Waals surface area contributed by atoms with Crippen LogP contribution < -0.4 is 4.90 Å². The highest BCUT2D eigenvalue weighted by atomic mass is 32.2. The van der Waals surface area contributed by atoms with Gasteiger partial charge in [-0.1, -0.05) is 18.2 Å². The highest BCUT2D eigenvalue weighted by Gasteiger charge is 2.64. The fraction of sp³-hybridized carbons (Fsp3) is 0.417. The number of benzene rings is 1. The third-order valence-electron chi connectivity index (χ3n) is 2.87. The van der Waals surface area contributed by atoms with Crippen molar-refractivity contribution in [3.63, 3.8) is 0 Å². The molecule has 0 aromatic heterocycles. The number of rotatable bonds is 1. The fourth-order valence-electron chi connectivity index (χ4n) is 1.86. The first-order valence-corrected chi connectivity index (χ1v) is 6.83. The van der Waals surface area contributed by atoms with E-state index >= 15 is 0 Å². The Labute approximate surface area is 115 Å². The van der Waals surface area contributed by atoms with Crippen molar-refractivity contribution in [3.05, 3.63) is 29.8 Å². The summed E-state index contributed by atoms with van der Waals surface area (Å²) in [5, 5.41) is 0. The Morgan fingerprint density at radius 3 is 2.45 bits per heavy atom. The van der Waals surface area contributed by atoms with E-state index in [-0.39, 0.29) is 12.2 Å². The smallest absolute Gasteiger partial charge is 0.306 e. The SMILES string of the molecule is O=C(N1CCSCc2ccccc21)C(F)(F)C(F)(F)F. The normalized spacial score (nSPS) is 16.6. The molecule has 2 nitrogen and oxygen atoms in total. The van der Waals surface area contributed by atoms with Crippen molar-refractivity contribution < 1.29 is 26.7 Å². The molecule has 0 fully saturated rings. The van der Waals surface area contributed by atoms with Crippen LogP contribution in [0, 0.1) is 0 Å². The number of alkyl halides is 5. The number of para-hydroxylation sites is 1. The van der Waals surface area contributed by atoms with Crippen LogP contribution in [0.1, 0.15) is 5.56 Å². The van der Waals surface area contributed by atoms with Crippen molar-refractivity contribution in [2.75, 3.05) is 17.2 Å². The molecule has 20 heavy (non-hydrogen) atoms. The Morgan fingerprint density at radius 1 is 1.15 bits per heavy atom. The maximum atomic E-state index is 13.2. The number of anilines is 1. The number of hydrogen-bond acceptors (Lipinski definition) is 2. The minimum absolute atomic E-state index is 0.117. The van der Waals surface area contributed by atoms with Gasteiger partial charge in [0.2, 0.25) is 0 Å². The molecule has 1 aliphatic heterocycles. The van der Waals surface area contributed by atoms with Gasteiger partial charge in [0.25, 0.3) is 0 Å². The Morgan fingerprint density at radius 2 is 1.80 bits per heavy atom. The summed E-state index contributed by atoms with van der Waals surface area (Å²) < 4.78 is 63.4. The van der Waals surface area contributed by atoms with Gasteiger partial charge >= 0.3 is 18.0 Å². The molecular formula is C12H10F5NOS. The molecule has 0 atom stereocenters. The number of carbonyl (C=O) groups excluding carboxylic acids is 1. The van der Waals surface area contributed by atoms with Gasteiger partial charge in [-0.2, -0.15) is 33.7 Å². The van der Waals surface area contributed by atoms with Crippen molar-refractivity contribution in [2.24, 2.45) is 0 Å². The third-order valence-corrected chi connectivity index (χ3v) is 3.86. The summed E-state index contributed by atoms with van der Waals surface area (Å²) in [6.45, 7) is -0.174. The molecule has 0 N–H and O–H groups in total. The lowest BCUT2D eigenvalue weighted by Gasteiger charge is -2.28. The summed E-state index contributed by atoms with van der Waals surface area (Å²) in [5.41, 5.74) is 0.688. The molecule has 0 radical (unpaired) electrons. The van der Waals surface area contributed by atoms with Gasteiger partial charge in [0, 0.05) is 23.7 Å². The van der Waals surface area contributed by atoms with E-state index in [1.165, 1.54) is 23.9 Å². The Kier molecular flexibility index (Phi) is 3.95. The Bertz CT molecular complexity index is 517. The molecule has 0 bridgehead atoms. The quantitative estimate of drug-likeness (QED) is 0.740. The van der Waals surface area contributed by atoms with Crippen molar-refractivity contribution in [2.45, 2.75) is 17.9 Å². The highest BCUT2D eigenvalue weighted by Crippen LogP contribution is 2.39. The number of fused-ring (bicyclic) bond motifs is 1. The number of amides is 1. The van der Waals surface area contributed by atoms with E-state index in [0.29, 0.717) is 22.0 Å². The average molecular weight is 311 g/mol. The molecule has 110 valence electrons. The molecule has 1 aromatic carbocycles. The predicted octanol–water partition coefficient (Wildman–Crippen LogP) is 3.46. The van der Waals surface area contributed by atoms with Gasteiger partial charge in [-0.05, 0) is 11.6 Å². The lowest BCUT2D eigenvalue weighted by atomic mass is 10.1. The average Bonchev–Trinajstić information content (AvgIpc) is 2.58. The van der Waals surface area contributed by atoms with Crippen LogP contribution in [0.4, 0.5) is 27.6 Å². The standard InChI is InChI=1S/C12H10F5NOS/c13-11(14,12(15,16)17)10(19)18-5-6-20-7-8-3-1-2-4-9(8)18/h1-4H,5-7H2. The van der Waals surface area contributed by atoms with E-state index in [1.54, 1.807) is 12.1 Å². The topological polar surface area (TPSA) is 20.3 Å². The summed E-state index contributed by atoms with van der Waals surface area (Å²) in [7, 11) is 0. The molecule has 1 heterocycles. The van der Waals surface area contributed by atoms with Crippen LogP contribution in [0.2, 0.25) is 0 Å². The van der Waals surface area contributed by atoms with Crippen LogP contribution in [-0.2, 0) is 10.5 Å². The second-order valence-electron chi connectivity index (χ2n) is 4.21. The molecule has 0 spiro atoms. The first-order chi connectivity index (χ1) is 9.25. The fourth-order valence-corrected chi connectivity index (χ4v) is 2.78. The zero-order valence-corrected chi connectivity index (χ0v) is 10.9. The third kappa shape index (κ3) is 2.61. The summed E-state index contributed by atoms with van der Waals surface area (Å²) in [4.78, 5) is 12.2. The highest BCUT2D eigenvalue weighted by molar-refractivity contribution is 7.98. The molecule has 2 rings (SSSR count). The van der Waals surface area contributed by atoms with Crippen LogP contribution in [0.15, 0.2) is 24.3 Å². The van der Waals surface area contributed by atoms with Gasteiger partial charge in [0.1, 0.15) is 0 Å². The van der Waals surface area contributed by atoms with Crippen LogP contribution >= 0.6 is 11.8 Å². The van der Waals surface area contributed by atoms with Crippen LogP contribution in [0.5, 0.6) is 0 Å². The molecule has 0 unspecified atom stereocenters. The number of carbonyl (C=O) groups is 1.